The zero-order valence-electron chi connectivity index (χ0n) is 19.1. The summed E-state index contributed by atoms with van der Waals surface area (Å²) in [4.78, 5) is 0.0426. The summed E-state index contributed by atoms with van der Waals surface area (Å²) in [6, 6.07) is 18.5. The fourth-order valence-corrected chi connectivity index (χ4v) is 5.06. The molecule has 1 fully saturated rings. The van der Waals surface area contributed by atoms with Crippen molar-refractivity contribution in [2.75, 3.05) is 0 Å². The van der Waals surface area contributed by atoms with E-state index in [2.05, 4.69) is 10.2 Å². The van der Waals surface area contributed by atoms with Gasteiger partial charge in [-0.2, -0.15) is 21.6 Å². The Bertz CT molecular complexity index is 1490. The first-order valence-corrected chi connectivity index (χ1v) is 12.6. The quantitative estimate of drug-likeness (QED) is 0.279. The summed E-state index contributed by atoms with van der Waals surface area (Å²) in [6.45, 7) is 1.86. The second kappa shape index (κ2) is 8.86. The Balaban J connectivity index is 1.38. The highest BCUT2D eigenvalue weighted by Gasteiger charge is 2.54. The molecule has 0 spiro atoms. The molecule has 1 heterocycles. The van der Waals surface area contributed by atoms with Crippen LogP contribution < -0.4 is 0 Å². The second-order valence-corrected chi connectivity index (χ2v) is 10.3. The molecule has 4 aromatic rings. The van der Waals surface area contributed by atoms with E-state index in [1.54, 1.807) is 30.3 Å². The average Bonchev–Trinajstić information content (AvgIpc) is 3.42. The first-order valence-electron chi connectivity index (χ1n) is 11.2. The van der Waals surface area contributed by atoms with Crippen LogP contribution in [-0.2, 0) is 32.5 Å². The number of rotatable bonds is 7. The van der Waals surface area contributed by atoms with E-state index in [-0.39, 0.29) is 16.7 Å². The van der Waals surface area contributed by atoms with Crippen LogP contribution in [0.15, 0.2) is 82.1 Å². The summed E-state index contributed by atoms with van der Waals surface area (Å²) >= 11 is 0. The maximum Gasteiger partial charge on any atom is 0.416 e. The van der Waals surface area contributed by atoms with Gasteiger partial charge in [-0.15, -0.1) is 10.2 Å². The van der Waals surface area contributed by atoms with Gasteiger partial charge in [0.2, 0.25) is 11.8 Å². The molecule has 0 amide bonds. The monoisotopic (exact) mass is 514 g/mol. The Morgan fingerprint density at radius 1 is 0.944 bits per heavy atom. The second-order valence-electron chi connectivity index (χ2n) is 8.79. The van der Waals surface area contributed by atoms with E-state index in [1.807, 2.05) is 13.0 Å². The largest absolute Gasteiger partial charge is 0.417 e. The van der Waals surface area contributed by atoms with Gasteiger partial charge in [-0.1, -0.05) is 48.0 Å². The van der Waals surface area contributed by atoms with Crippen LogP contribution in [0.2, 0.25) is 0 Å². The smallest absolute Gasteiger partial charge is 0.416 e. The van der Waals surface area contributed by atoms with Gasteiger partial charge < -0.3 is 4.42 Å². The third kappa shape index (κ3) is 4.91. The molecule has 0 atom stereocenters. The average molecular weight is 515 g/mol. The minimum Gasteiger partial charge on any atom is -0.417 e. The number of nitrogens with zero attached hydrogens (tertiary/aromatic N) is 2. The van der Waals surface area contributed by atoms with Gasteiger partial charge in [0.1, 0.15) is 0 Å². The number of hydrogen-bond acceptors (Lipinski definition) is 6. The molecular formula is C26H21F3N2O4S. The van der Waals surface area contributed by atoms with E-state index in [0.717, 1.165) is 23.3 Å². The maximum atomic E-state index is 12.9. The molecule has 1 aromatic heterocycles. The van der Waals surface area contributed by atoms with Gasteiger partial charge in [0.15, 0.2) is 5.60 Å². The molecule has 1 saturated carbocycles. The van der Waals surface area contributed by atoms with Gasteiger partial charge in [0, 0.05) is 5.56 Å². The molecule has 0 bridgehead atoms. The van der Waals surface area contributed by atoms with Crippen LogP contribution in [0.4, 0.5) is 13.2 Å². The third-order valence-corrected chi connectivity index (χ3v) is 7.41. The standard InChI is InChI=1S/C26H21F3N2O4S/c1-17-6-12-21(13-7-17)36(32,33)35-25(14-15-25)24-31-30-23(34-24)22-5-3-2-4-19(22)16-18-8-10-20(11-9-18)26(27,28)29/h2-13H,14-16H2,1H3. The van der Waals surface area contributed by atoms with Crippen LogP contribution >= 0.6 is 0 Å². The van der Waals surface area contributed by atoms with Gasteiger partial charge in [-0.3, -0.25) is 0 Å². The number of halogens is 3. The van der Waals surface area contributed by atoms with Crippen LogP contribution in [0.3, 0.4) is 0 Å². The van der Waals surface area contributed by atoms with E-state index in [9.17, 15) is 21.6 Å². The van der Waals surface area contributed by atoms with Gasteiger partial charge in [-0.05, 0) is 67.6 Å². The highest BCUT2D eigenvalue weighted by Crippen LogP contribution is 2.51. The van der Waals surface area contributed by atoms with Crippen LogP contribution in [0.5, 0.6) is 0 Å². The summed E-state index contributed by atoms with van der Waals surface area (Å²) in [5.41, 5.74) is 1.06. The molecular weight excluding hydrogens is 493 g/mol. The van der Waals surface area contributed by atoms with E-state index < -0.39 is 27.5 Å². The lowest BCUT2D eigenvalue weighted by atomic mass is 9.99. The summed E-state index contributed by atoms with van der Waals surface area (Å²) < 4.78 is 75.7. The van der Waals surface area contributed by atoms with Crippen molar-refractivity contribution < 1.29 is 30.2 Å². The Morgan fingerprint density at radius 2 is 1.61 bits per heavy atom. The number of aromatic nitrogens is 2. The van der Waals surface area contributed by atoms with Crippen LogP contribution in [-0.4, -0.2) is 18.6 Å². The van der Waals surface area contributed by atoms with E-state index >= 15 is 0 Å². The molecule has 36 heavy (non-hydrogen) atoms. The lowest BCUT2D eigenvalue weighted by Crippen LogP contribution is -2.18. The molecule has 1 aliphatic rings. The SMILES string of the molecule is Cc1ccc(S(=O)(=O)OC2(c3nnc(-c4ccccc4Cc4ccc(C(F)(F)F)cc4)o3)CC2)cc1. The Labute approximate surface area is 205 Å². The summed E-state index contributed by atoms with van der Waals surface area (Å²) in [6.07, 6.45) is -3.24. The topological polar surface area (TPSA) is 82.3 Å². The highest BCUT2D eigenvalue weighted by molar-refractivity contribution is 7.86. The predicted octanol–water partition coefficient (Wildman–Crippen LogP) is 6.05. The molecule has 6 nitrogen and oxygen atoms in total. The van der Waals surface area contributed by atoms with Gasteiger partial charge in [0.25, 0.3) is 10.1 Å². The van der Waals surface area contributed by atoms with Crippen LogP contribution in [0.1, 0.15) is 41.0 Å². The number of benzene rings is 3. The molecule has 0 saturated heterocycles. The molecule has 5 rings (SSSR count). The fraction of sp³-hybridized carbons (Fsp3) is 0.231. The number of alkyl halides is 3. The van der Waals surface area contributed by atoms with Crippen molar-refractivity contribution in [3.63, 3.8) is 0 Å². The molecule has 0 N–H and O–H groups in total. The van der Waals surface area contributed by atoms with E-state index in [0.29, 0.717) is 30.4 Å². The zero-order chi connectivity index (χ0) is 25.6. The third-order valence-electron chi connectivity index (χ3n) is 6.02. The number of hydrogen-bond donors (Lipinski definition) is 0. The minimum absolute atomic E-state index is 0.0426. The molecule has 3 aromatic carbocycles. The van der Waals surface area contributed by atoms with E-state index in [1.165, 1.54) is 24.3 Å². The lowest BCUT2D eigenvalue weighted by Gasteiger charge is -2.12. The Morgan fingerprint density at radius 3 is 2.25 bits per heavy atom. The van der Waals surface area contributed by atoms with Crippen molar-refractivity contribution in [2.45, 2.75) is 42.9 Å². The number of aryl methyl sites for hydroxylation is 1. The first-order chi connectivity index (χ1) is 17.1. The molecule has 10 heteroatoms. The first kappa shape index (κ1) is 24.2. The van der Waals surface area contributed by atoms with Crippen molar-refractivity contribution >= 4 is 10.1 Å². The van der Waals surface area contributed by atoms with Crippen molar-refractivity contribution in [1.29, 1.82) is 0 Å². The van der Waals surface area contributed by atoms with Gasteiger partial charge in [0.05, 0.1) is 10.5 Å². The lowest BCUT2D eigenvalue weighted by molar-refractivity contribution is -0.137. The van der Waals surface area contributed by atoms with Crippen LogP contribution in [0.25, 0.3) is 11.5 Å². The molecule has 0 radical (unpaired) electrons. The van der Waals surface area contributed by atoms with Crippen molar-refractivity contribution in [3.8, 4) is 11.5 Å². The van der Waals surface area contributed by atoms with Gasteiger partial charge >= 0.3 is 6.18 Å². The summed E-state index contributed by atoms with van der Waals surface area (Å²) in [5.74, 6) is 0.243. The van der Waals surface area contributed by atoms with Gasteiger partial charge in [-0.25, -0.2) is 4.18 Å². The van der Waals surface area contributed by atoms with Crippen molar-refractivity contribution in [3.05, 3.63) is 101 Å². The molecule has 1 aliphatic carbocycles. The van der Waals surface area contributed by atoms with Crippen molar-refractivity contribution in [2.24, 2.45) is 0 Å². The van der Waals surface area contributed by atoms with E-state index in [4.69, 9.17) is 8.60 Å². The molecule has 0 aliphatic heterocycles. The predicted molar refractivity (Wildman–Crippen MR) is 124 cm³/mol. The normalized spacial score (nSPS) is 15.1. The zero-order valence-corrected chi connectivity index (χ0v) is 19.9. The highest BCUT2D eigenvalue weighted by atomic mass is 32.2. The van der Waals surface area contributed by atoms with Crippen LogP contribution in [0, 0.1) is 6.92 Å². The molecule has 186 valence electrons. The van der Waals surface area contributed by atoms with Crippen molar-refractivity contribution in [1.82, 2.24) is 10.2 Å². The minimum atomic E-state index is -4.40. The summed E-state index contributed by atoms with van der Waals surface area (Å²) in [7, 11) is -4.05. The summed E-state index contributed by atoms with van der Waals surface area (Å²) in [5, 5.41) is 8.19. The fourth-order valence-electron chi connectivity index (χ4n) is 3.84. The molecule has 0 unspecified atom stereocenters. The Kier molecular flexibility index (Phi) is 5.96. The Hall–Kier alpha value is -3.50. The maximum absolute atomic E-state index is 12.9.